The summed E-state index contributed by atoms with van der Waals surface area (Å²) in [5, 5.41) is 0. The molecule has 0 N–H and O–H groups in total. The third-order valence-corrected chi connectivity index (χ3v) is 16.3. The van der Waals surface area contributed by atoms with Crippen LogP contribution in [0.2, 0.25) is 16.6 Å². The Labute approximate surface area is 201 Å². The fraction of sp³-hybridized carbons (Fsp3) is 0.480. The van der Waals surface area contributed by atoms with Crippen LogP contribution in [0.4, 0.5) is 14.5 Å². The number of alkyl halides is 1. The lowest BCUT2D eigenvalue weighted by molar-refractivity contribution is -0.124. The highest BCUT2D eigenvalue weighted by Gasteiger charge is 2.69. The smallest absolute Gasteiger partial charge is 0.268 e. The third-order valence-electron chi connectivity index (χ3n) is 7.69. The second kappa shape index (κ2) is 8.15. The SMILES string of the molecule is CC(C)[Si](C(C)C)(C(C)C)N1c2cc(F)ccc2[C@]2(F)CC(=O)N(S(=O)(=O)c3ccccc3)[C@H]12. The highest BCUT2D eigenvalue weighted by molar-refractivity contribution is 7.89. The van der Waals surface area contributed by atoms with E-state index in [1.807, 2.05) is 4.57 Å². The maximum absolute atomic E-state index is 17.1. The van der Waals surface area contributed by atoms with Crippen LogP contribution in [0.25, 0.3) is 0 Å². The fourth-order valence-electron chi connectivity index (χ4n) is 6.67. The Hall–Kier alpha value is -2.26. The maximum Gasteiger partial charge on any atom is 0.268 e. The largest absolute Gasteiger partial charge is 0.373 e. The Morgan fingerprint density at radius 3 is 2.06 bits per heavy atom. The molecule has 0 saturated carbocycles. The molecule has 0 aliphatic carbocycles. The molecule has 1 amide bonds. The van der Waals surface area contributed by atoms with E-state index in [-0.39, 0.29) is 27.1 Å². The van der Waals surface area contributed by atoms with Gasteiger partial charge in [0.1, 0.15) is 5.82 Å². The summed E-state index contributed by atoms with van der Waals surface area (Å²) in [7, 11) is -7.13. The summed E-state index contributed by atoms with van der Waals surface area (Å²) in [6.45, 7) is 12.4. The molecule has 184 valence electrons. The van der Waals surface area contributed by atoms with Crippen LogP contribution in [0.5, 0.6) is 0 Å². The van der Waals surface area contributed by atoms with Crippen molar-refractivity contribution in [2.75, 3.05) is 4.57 Å². The molecule has 1 fully saturated rings. The normalized spacial score (nSPS) is 22.8. The number of nitrogens with zero attached hydrogens (tertiary/aromatic N) is 2. The van der Waals surface area contributed by atoms with E-state index in [0.717, 1.165) is 4.31 Å². The van der Waals surface area contributed by atoms with Gasteiger partial charge in [-0.25, -0.2) is 21.5 Å². The Balaban J connectivity index is 2.06. The summed E-state index contributed by atoms with van der Waals surface area (Å²) in [5.74, 6) is -1.30. The summed E-state index contributed by atoms with van der Waals surface area (Å²) >= 11 is 0. The molecule has 2 atom stereocenters. The van der Waals surface area contributed by atoms with Crippen LogP contribution in [0.1, 0.15) is 53.5 Å². The summed E-state index contributed by atoms with van der Waals surface area (Å²) in [5.41, 5.74) is -1.49. The Morgan fingerprint density at radius 1 is 0.971 bits per heavy atom. The van der Waals surface area contributed by atoms with Crippen molar-refractivity contribution in [3.63, 3.8) is 0 Å². The summed E-state index contributed by atoms with van der Waals surface area (Å²) in [4.78, 5) is 13.2. The van der Waals surface area contributed by atoms with E-state index in [0.29, 0.717) is 5.69 Å². The van der Waals surface area contributed by atoms with Crippen LogP contribution in [-0.2, 0) is 20.5 Å². The molecule has 0 aromatic heterocycles. The van der Waals surface area contributed by atoms with Crippen LogP contribution in [0.15, 0.2) is 53.4 Å². The van der Waals surface area contributed by atoms with Gasteiger partial charge in [0.25, 0.3) is 10.0 Å². The zero-order valence-corrected chi connectivity index (χ0v) is 22.2. The minimum absolute atomic E-state index is 0.0689. The topological polar surface area (TPSA) is 57.7 Å². The van der Waals surface area contributed by atoms with Gasteiger partial charge in [-0.3, -0.25) is 4.79 Å². The zero-order chi connectivity index (χ0) is 25.2. The van der Waals surface area contributed by atoms with Crippen molar-refractivity contribution in [2.45, 2.75) is 81.3 Å². The lowest BCUT2D eigenvalue weighted by atomic mass is 9.95. The number of hydrogen-bond acceptors (Lipinski definition) is 4. The molecule has 2 aliphatic rings. The quantitative estimate of drug-likeness (QED) is 0.456. The van der Waals surface area contributed by atoms with E-state index in [2.05, 4.69) is 41.5 Å². The molecule has 0 spiro atoms. The van der Waals surface area contributed by atoms with E-state index in [4.69, 9.17) is 0 Å². The fourth-order valence-corrected chi connectivity index (χ4v) is 15.4. The summed E-state index contributed by atoms with van der Waals surface area (Å²) in [6, 6.07) is 11.5. The van der Waals surface area contributed by atoms with Gasteiger partial charge in [0, 0.05) is 11.3 Å². The molecule has 1 saturated heterocycles. The molecule has 2 aromatic carbocycles. The molecular weight excluding hydrogens is 474 g/mol. The number of amides is 1. The van der Waals surface area contributed by atoms with E-state index in [1.165, 1.54) is 30.3 Å². The highest BCUT2D eigenvalue weighted by Crippen LogP contribution is 2.60. The monoisotopic (exact) mass is 506 g/mol. The molecular formula is C25H32F2N2O3SSi. The van der Waals surface area contributed by atoms with Gasteiger partial charge in [-0.15, -0.1) is 0 Å². The van der Waals surface area contributed by atoms with Gasteiger partial charge in [-0.2, -0.15) is 0 Å². The second-order valence-electron chi connectivity index (χ2n) is 10.3. The van der Waals surface area contributed by atoms with E-state index in [1.54, 1.807) is 18.2 Å². The van der Waals surface area contributed by atoms with E-state index >= 15 is 4.39 Å². The predicted octanol–water partition coefficient (Wildman–Crippen LogP) is 5.93. The van der Waals surface area contributed by atoms with Crippen molar-refractivity contribution in [1.29, 1.82) is 0 Å². The first-order chi connectivity index (χ1) is 15.8. The van der Waals surface area contributed by atoms with Crippen molar-refractivity contribution in [3.8, 4) is 0 Å². The van der Waals surface area contributed by atoms with Gasteiger partial charge in [0.15, 0.2) is 20.1 Å². The van der Waals surface area contributed by atoms with Crippen LogP contribution >= 0.6 is 0 Å². The number of halogens is 2. The van der Waals surface area contributed by atoms with Gasteiger partial charge in [-0.05, 0) is 40.9 Å². The lowest BCUT2D eigenvalue weighted by Crippen LogP contribution is -2.67. The molecule has 0 unspecified atom stereocenters. The van der Waals surface area contributed by atoms with Crippen molar-refractivity contribution >= 4 is 29.9 Å². The van der Waals surface area contributed by atoms with Crippen LogP contribution in [0, 0.1) is 5.82 Å². The number of hydrogen-bond donors (Lipinski definition) is 0. The number of rotatable bonds is 6. The van der Waals surface area contributed by atoms with Crippen molar-refractivity contribution < 1.29 is 22.0 Å². The van der Waals surface area contributed by atoms with Crippen molar-refractivity contribution in [3.05, 3.63) is 59.9 Å². The maximum atomic E-state index is 17.1. The lowest BCUT2D eigenvalue weighted by Gasteiger charge is -2.54. The minimum atomic E-state index is -4.35. The number of carbonyl (C=O) groups excluding carboxylic acids is 1. The molecule has 0 radical (unpaired) electrons. The molecule has 2 heterocycles. The van der Waals surface area contributed by atoms with Gasteiger partial charge in [0.2, 0.25) is 5.91 Å². The first-order valence-corrected chi connectivity index (χ1v) is 15.3. The number of anilines is 1. The molecule has 0 bridgehead atoms. The predicted molar refractivity (Wildman–Crippen MR) is 132 cm³/mol. The number of fused-ring (bicyclic) bond motifs is 3. The Kier molecular flexibility index (Phi) is 5.96. The van der Waals surface area contributed by atoms with Gasteiger partial charge in [-0.1, -0.05) is 65.8 Å². The third kappa shape index (κ3) is 3.19. The number of sulfonamides is 1. The zero-order valence-electron chi connectivity index (χ0n) is 20.4. The number of benzene rings is 2. The van der Waals surface area contributed by atoms with Crippen LogP contribution in [-0.4, -0.2) is 33.0 Å². The first-order valence-electron chi connectivity index (χ1n) is 11.7. The van der Waals surface area contributed by atoms with E-state index < -0.39 is 48.2 Å². The Morgan fingerprint density at radius 2 is 1.53 bits per heavy atom. The average Bonchev–Trinajstić information content (AvgIpc) is 3.14. The van der Waals surface area contributed by atoms with Crippen LogP contribution in [0.3, 0.4) is 0 Å². The van der Waals surface area contributed by atoms with Gasteiger partial charge in [0.05, 0.1) is 11.3 Å². The average molecular weight is 507 g/mol. The molecule has 4 rings (SSSR count). The molecule has 5 nitrogen and oxygen atoms in total. The van der Waals surface area contributed by atoms with Gasteiger partial charge >= 0.3 is 0 Å². The summed E-state index contributed by atoms with van der Waals surface area (Å²) in [6.07, 6.45) is -1.99. The Bertz CT molecular complexity index is 1200. The van der Waals surface area contributed by atoms with Crippen molar-refractivity contribution in [1.82, 2.24) is 4.31 Å². The first kappa shape index (κ1) is 24.8. The molecule has 9 heteroatoms. The van der Waals surface area contributed by atoms with Gasteiger partial charge < -0.3 is 4.57 Å². The van der Waals surface area contributed by atoms with E-state index in [9.17, 15) is 17.6 Å². The minimum Gasteiger partial charge on any atom is -0.373 e. The van der Waals surface area contributed by atoms with Crippen molar-refractivity contribution in [2.24, 2.45) is 0 Å². The second-order valence-corrected chi connectivity index (χ2v) is 17.8. The molecule has 2 aliphatic heterocycles. The summed E-state index contributed by atoms with van der Waals surface area (Å²) < 4.78 is 61.8. The number of carbonyl (C=O) groups is 1. The molecule has 34 heavy (non-hydrogen) atoms. The molecule has 2 aromatic rings. The standard InChI is InChI=1S/C25H32F2N2O3SSi/c1-16(2)34(17(3)4,18(5)6)29-22-14-19(26)12-13-21(22)25(27)15-23(30)28(24(25)29)33(31,32)20-10-8-7-9-11-20/h7-14,16-18,24H,15H2,1-6H3/t24-,25-/m1/s1. The van der Waals surface area contributed by atoms with Crippen LogP contribution < -0.4 is 4.57 Å². The highest BCUT2D eigenvalue weighted by atomic mass is 32.2.